The lowest BCUT2D eigenvalue weighted by Crippen LogP contribution is -2.47. The summed E-state index contributed by atoms with van der Waals surface area (Å²) in [5.41, 5.74) is -0.0190. The molecule has 1 unspecified atom stereocenters. The molecule has 0 spiro atoms. The van der Waals surface area contributed by atoms with Gasteiger partial charge in [-0.2, -0.15) is 0 Å². The fourth-order valence-corrected chi connectivity index (χ4v) is 2.93. The number of carbonyl (C=O) groups is 1. The SMILES string of the molecule is O=C(O)CN1CCCC(CO)(CC2CC2)C1. The summed E-state index contributed by atoms with van der Waals surface area (Å²) < 4.78 is 0. The molecule has 1 atom stereocenters. The summed E-state index contributed by atoms with van der Waals surface area (Å²) in [5.74, 6) is 0.0251. The topological polar surface area (TPSA) is 60.8 Å². The first-order valence-corrected chi connectivity index (χ1v) is 6.19. The Morgan fingerprint density at radius 3 is 2.75 bits per heavy atom. The van der Waals surface area contributed by atoms with Crippen LogP contribution in [0.2, 0.25) is 0 Å². The van der Waals surface area contributed by atoms with E-state index in [1.807, 2.05) is 4.90 Å². The molecule has 2 rings (SSSR count). The number of nitrogens with zero attached hydrogens (tertiary/aromatic N) is 1. The quantitative estimate of drug-likeness (QED) is 0.734. The van der Waals surface area contributed by atoms with E-state index in [4.69, 9.17) is 5.11 Å². The summed E-state index contributed by atoms with van der Waals surface area (Å²) in [7, 11) is 0. The summed E-state index contributed by atoms with van der Waals surface area (Å²) in [4.78, 5) is 12.7. The lowest BCUT2D eigenvalue weighted by atomic mass is 9.76. The fourth-order valence-electron chi connectivity index (χ4n) is 2.93. The molecule has 0 amide bonds. The molecule has 0 aromatic heterocycles. The number of hydrogen-bond donors (Lipinski definition) is 2. The Labute approximate surface area is 96.3 Å². The molecule has 1 aliphatic heterocycles. The van der Waals surface area contributed by atoms with Crippen molar-refractivity contribution in [1.82, 2.24) is 4.90 Å². The van der Waals surface area contributed by atoms with Crippen molar-refractivity contribution in [2.24, 2.45) is 11.3 Å². The van der Waals surface area contributed by atoms with E-state index >= 15 is 0 Å². The first-order valence-electron chi connectivity index (χ1n) is 6.19. The zero-order valence-electron chi connectivity index (χ0n) is 9.69. The van der Waals surface area contributed by atoms with Gasteiger partial charge in [0.1, 0.15) is 0 Å². The molecule has 0 bridgehead atoms. The van der Waals surface area contributed by atoms with Crippen molar-refractivity contribution in [1.29, 1.82) is 0 Å². The van der Waals surface area contributed by atoms with Gasteiger partial charge in [-0.15, -0.1) is 0 Å². The molecule has 2 N–H and O–H groups in total. The summed E-state index contributed by atoms with van der Waals surface area (Å²) in [6.45, 7) is 1.94. The zero-order valence-corrected chi connectivity index (χ0v) is 9.69. The minimum Gasteiger partial charge on any atom is -0.480 e. The molecule has 1 heterocycles. The van der Waals surface area contributed by atoms with Crippen LogP contribution >= 0.6 is 0 Å². The molecule has 1 saturated heterocycles. The first-order chi connectivity index (χ1) is 7.63. The van der Waals surface area contributed by atoms with Crippen LogP contribution in [0.25, 0.3) is 0 Å². The van der Waals surface area contributed by atoms with Gasteiger partial charge in [-0.1, -0.05) is 12.8 Å². The molecular weight excluding hydrogens is 206 g/mol. The maximum Gasteiger partial charge on any atom is 0.317 e. The molecule has 4 nitrogen and oxygen atoms in total. The highest BCUT2D eigenvalue weighted by Crippen LogP contribution is 2.44. The Balaban J connectivity index is 1.93. The standard InChI is InChI=1S/C12H21NO3/c14-9-12(6-10-2-3-10)4-1-5-13(8-12)7-11(15)16/h10,14H,1-9H2,(H,15,16). The van der Waals surface area contributed by atoms with E-state index in [-0.39, 0.29) is 18.6 Å². The van der Waals surface area contributed by atoms with Gasteiger partial charge < -0.3 is 10.2 Å². The number of aliphatic carboxylic acids is 1. The van der Waals surface area contributed by atoms with Crippen molar-refractivity contribution < 1.29 is 15.0 Å². The minimum absolute atomic E-state index is 0.0190. The first kappa shape index (κ1) is 11.9. The molecule has 0 aromatic carbocycles. The highest BCUT2D eigenvalue weighted by Gasteiger charge is 2.39. The van der Waals surface area contributed by atoms with Gasteiger partial charge in [-0.25, -0.2) is 0 Å². The van der Waals surface area contributed by atoms with Gasteiger partial charge in [0, 0.05) is 18.6 Å². The molecule has 4 heteroatoms. The Morgan fingerprint density at radius 2 is 2.19 bits per heavy atom. The normalized spacial score (nSPS) is 31.6. The fraction of sp³-hybridized carbons (Fsp3) is 0.917. The highest BCUT2D eigenvalue weighted by molar-refractivity contribution is 5.69. The Morgan fingerprint density at radius 1 is 1.44 bits per heavy atom. The number of carboxylic acid groups (broad SMARTS) is 1. The number of hydrogen-bond acceptors (Lipinski definition) is 3. The smallest absolute Gasteiger partial charge is 0.317 e. The van der Waals surface area contributed by atoms with Crippen LogP contribution in [0.3, 0.4) is 0 Å². The molecule has 2 fully saturated rings. The lowest BCUT2D eigenvalue weighted by molar-refractivity contribution is -0.139. The number of likely N-dealkylation sites (tertiary alicyclic amines) is 1. The van der Waals surface area contributed by atoms with E-state index in [9.17, 15) is 9.90 Å². The van der Waals surface area contributed by atoms with Crippen LogP contribution in [0, 0.1) is 11.3 Å². The highest BCUT2D eigenvalue weighted by atomic mass is 16.4. The van der Waals surface area contributed by atoms with Crippen LogP contribution in [0.4, 0.5) is 0 Å². The average Bonchev–Trinajstić information content (AvgIpc) is 3.01. The number of rotatable bonds is 5. The molecular formula is C12H21NO3. The molecule has 2 aliphatic rings. The largest absolute Gasteiger partial charge is 0.480 e. The monoisotopic (exact) mass is 227 g/mol. The Kier molecular flexibility index (Phi) is 3.50. The summed E-state index contributed by atoms with van der Waals surface area (Å²) in [6.07, 6.45) is 5.73. The number of piperidine rings is 1. The van der Waals surface area contributed by atoms with E-state index in [1.54, 1.807) is 0 Å². The van der Waals surface area contributed by atoms with Gasteiger partial charge in [-0.3, -0.25) is 9.69 Å². The number of carboxylic acids is 1. The Bertz CT molecular complexity index is 265. The summed E-state index contributed by atoms with van der Waals surface area (Å²) >= 11 is 0. The molecule has 0 radical (unpaired) electrons. The van der Waals surface area contributed by atoms with Crippen molar-refractivity contribution in [3.05, 3.63) is 0 Å². The summed E-state index contributed by atoms with van der Waals surface area (Å²) in [6, 6.07) is 0. The second kappa shape index (κ2) is 4.72. The predicted octanol–water partition coefficient (Wildman–Crippen LogP) is 0.946. The van der Waals surface area contributed by atoms with Gasteiger partial charge in [0.15, 0.2) is 0 Å². The van der Waals surface area contributed by atoms with Crippen LogP contribution in [0.5, 0.6) is 0 Å². The second-order valence-corrected chi connectivity index (χ2v) is 5.51. The Hall–Kier alpha value is -0.610. The second-order valence-electron chi connectivity index (χ2n) is 5.51. The minimum atomic E-state index is -0.764. The third-order valence-corrected chi connectivity index (χ3v) is 3.85. The van der Waals surface area contributed by atoms with Gasteiger partial charge in [0.05, 0.1) is 6.54 Å². The molecule has 1 aliphatic carbocycles. The van der Waals surface area contributed by atoms with Gasteiger partial charge in [0.2, 0.25) is 0 Å². The lowest BCUT2D eigenvalue weighted by Gasteiger charge is -2.41. The van der Waals surface area contributed by atoms with E-state index in [1.165, 1.54) is 12.8 Å². The van der Waals surface area contributed by atoms with Crippen LogP contribution < -0.4 is 0 Å². The summed E-state index contributed by atoms with van der Waals surface area (Å²) in [5, 5.41) is 18.4. The molecule has 1 saturated carbocycles. The van der Waals surface area contributed by atoms with Crippen molar-refractivity contribution in [2.75, 3.05) is 26.2 Å². The zero-order chi connectivity index (χ0) is 11.6. The van der Waals surface area contributed by atoms with Crippen LogP contribution in [-0.2, 0) is 4.79 Å². The van der Waals surface area contributed by atoms with Crippen molar-refractivity contribution in [3.63, 3.8) is 0 Å². The van der Waals surface area contributed by atoms with E-state index in [2.05, 4.69) is 0 Å². The van der Waals surface area contributed by atoms with Crippen LogP contribution in [0.15, 0.2) is 0 Å². The third kappa shape index (κ3) is 2.95. The van der Waals surface area contributed by atoms with Gasteiger partial charge >= 0.3 is 5.97 Å². The number of aliphatic hydroxyl groups excluding tert-OH is 1. The maximum absolute atomic E-state index is 10.7. The molecule has 92 valence electrons. The third-order valence-electron chi connectivity index (χ3n) is 3.85. The van der Waals surface area contributed by atoms with E-state index in [0.717, 1.165) is 38.3 Å². The van der Waals surface area contributed by atoms with Crippen molar-refractivity contribution in [3.8, 4) is 0 Å². The molecule has 16 heavy (non-hydrogen) atoms. The van der Waals surface area contributed by atoms with Crippen molar-refractivity contribution in [2.45, 2.75) is 32.1 Å². The maximum atomic E-state index is 10.7. The molecule has 0 aromatic rings. The number of aliphatic hydroxyl groups is 1. The van der Waals surface area contributed by atoms with E-state index in [0.29, 0.717) is 0 Å². The van der Waals surface area contributed by atoms with Gasteiger partial charge in [0.25, 0.3) is 0 Å². The van der Waals surface area contributed by atoms with Crippen LogP contribution in [0.1, 0.15) is 32.1 Å². The van der Waals surface area contributed by atoms with Gasteiger partial charge in [-0.05, 0) is 31.7 Å². The predicted molar refractivity (Wildman–Crippen MR) is 60.2 cm³/mol. The van der Waals surface area contributed by atoms with E-state index < -0.39 is 5.97 Å². The van der Waals surface area contributed by atoms with Crippen molar-refractivity contribution >= 4 is 5.97 Å². The van der Waals surface area contributed by atoms with Crippen LogP contribution in [-0.4, -0.2) is 47.3 Å². The average molecular weight is 227 g/mol.